The van der Waals surface area contributed by atoms with E-state index >= 15 is 0 Å². The summed E-state index contributed by atoms with van der Waals surface area (Å²) in [5, 5.41) is 4.02. The third-order valence-corrected chi connectivity index (χ3v) is 3.08. The fraction of sp³-hybridized carbons (Fsp3) is 0.125. The Labute approximate surface area is 138 Å². The summed E-state index contributed by atoms with van der Waals surface area (Å²) in [5.74, 6) is -4.37. The van der Waals surface area contributed by atoms with Gasteiger partial charge in [-0.3, -0.25) is 9.59 Å². The summed E-state index contributed by atoms with van der Waals surface area (Å²) >= 11 is 0. The lowest BCUT2D eigenvalue weighted by atomic mass is 10.1. The molecule has 0 radical (unpaired) electrons. The minimum absolute atomic E-state index is 0.144. The van der Waals surface area contributed by atoms with Gasteiger partial charge in [-0.05, 0) is 30.3 Å². The van der Waals surface area contributed by atoms with Gasteiger partial charge in [-0.25, -0.2) is 8.78 Å². The summed E-state index contributed by atoms with van der Waals surface area (Å²) in [6, 6.07) is 5.24. The molecule has 0 atom stereocenters. The van der Waals surface area contributed by atoms with Gasteiger partial charge in [0.05, 0.1) is 11.3 Å². The summed E-state index contributed by atoms with van der Waals surface area (Å²) in [4.78, 5) is 22.9. The highest BCUT2D eigenvalue weighted by atomic mass is 19.4. The third-order valence-electron chi connectivity index (χ3n) is 3.08. The van der Waals surface area contributed by atoms with Crippen LogP contribution in [0, 0.1) is 11.6 Å². The van der Waals surface area contributed by atoms with Crippen LogP contribution in [0.2, 0.25) is 0 Å². The first-order valence-electron chi connectivity index (χ1n) is 6.84. The second kappa shape index (κ2) is 6.88. The molecule has 4 nitrogen and oxygen atoms in total. The zero-order valence-corrected chi connectivity index (χ0v) is 12.7. The summed E-state index contributed by atoms with van der Waals surface area (Å²) in [7, 11) is 0. The van der Waals surface area contributed by atoms with Crippen LogP contribution in [0.4, 0.5) is 33.3 Å². The molecule has 0 unspecified atom stereocenters. The highest BCUT2D eigenvalue weighted by molar-refractivity contribution is 6.05. The van der Waals surface area contributed by atoms with E-state index in [2.05, 4.69) is 5.32 Å². The molecule has 0 aliphatic carbocycles. The van der Waals surface area contributed by atoms with E-state index in [1.807, 2.05) is 5.32 Å². The quantitative estimate of drug-likeness (QED) is 0.808. The van der Waals surface area contributed by atoms with Crippen molar-refractivity contribution in [3.05, 3.63) is 59.2 Å². The zero-order chi connectivity index (χ0) is 18.8. The lowest BCUT2D eigenvalue weighted by Gasteiger charge is -2.16. The van der Waals surface area contributed by atoms with E-state index in [-0.39, 0.29) is 5.69 Å². The van der Waals surface area contributed by atoms with E-state index in [0.29, 0.717) is 6.07 Å². The Kier molecular flexibility index (Phi) is 5.05. The van der Waals surface area contributed by atoms with Gasteiger partial charge < -0.3 is 10.6 Å². The highest BCUT2D eigenvalue weighted by Gasteiger charge is 2.34. The van der Waals surface area contributed by atoms with Gasteiger partial charge in [-0.2, -0.15) is 13.2 Å². The average molecular weight is 358 g/mol. The van der Waals surface area contributed by atoms with Crippen molar-refractivity contribution >= 4 is 23.2 Å². The van der Waals surface area contributed by atoms with E-state index in [1.165, 1.54) is 0 Å². The topological polar surface area (TPSA) is 58.2 Å². The molecule has 0 bridgehead atoms. The first-order chi connectivity index (χ1) is 11.6. The first kappa shape index (κ1) is 18.4. The number of amides is 2. The van der Waals surface area contributed by atoms with Crippen molar-refractivity contribution < 1.29 is 31.5 Å². The van der Waals surface area contributed by atoms with Crippen LogP contribution in [-0.4, -0.2) is 11.8 Å². The third kappa shape index (κ3) is 4.31. The predicted molar refractivity (Wildman–Crippen MR) is 80.1 cm³/mol. The number of anilines is 2. The van der Waals surface area contributed by atoms with Crippen molar-refractivity contribution in [2.24, 2.45) is 0 Å². The number of hydrogen-bond donors (Lipinski definition) is 2. The van der Waals surface area contributed by atoms with Crippen LogP contribution in [-0.2, 0) is 11.0 Å². The lowest BCUT2D eigenvalue weighted by Crippen LogP contribution is -2.19. The molecule has 2 rings (SSSR count). The van der Waals surface area contributed by atoms with Crippen LogP contribution < -0.4 is 10.6 Å². The first-order valence-corrected chi connectivity index (χ1v) is 6.84. The van der Waals surface area contributed by atoms with E-state index < -0.39 is 46.4 Å². The van der Waals surface area contributed by atoms with Crippen molar-refractivity contribution in [2.75, 3.05) is 10.6 Å². The number of hydrogen-bond acceptors (Lipinski definition) is 2. The number of rotatable bonds is 3. The monoisotopic (exact) mass is 358 g/mol. The molecule has 2 aromatic carbocycles. The Bertz CT molecular complexity index is 814. The van der Waals surface area contributed by atoms with Crippen molar-refractivity contribution in [3.63, 3.8) is 0 Å². The van der Waals surface area contributed by atoms with Crippen LogP contribution in [0.25, 0.3) is 0 Å². The van der Waals surface area contributed by atoms with Crippen LogP contribution in [0.15, 0.2) is 36.4 Å². The van der Waals surface area contributed by atoms with Gasteiger partial charge in [-0.1, -0.05) is 6.07 Å². The molecule has 25 heavy (non-hydrogen) atoms. The van der Waals surface area contributed by atoms with Gasteiger partial charge in [-0.15, -0.1) is 0 Å². The molecule has 0 saturated carbocycles. The Hall–Kier alpha value is -2.97. The SMILES string of the molecule is CC(=O)Nc1ccc(NC(=O)c2c(F)cccc2F)c(C(F)(F)F)c1. The number of nitrogens with one attached hydrogen (secondary N) is 2. The molecular weight excluding hydrogens is 347 g/mol. The normalized spacial score (nSPS) is 11.1. The largest absolute Gasteiger partial charge is 0.418 e. The van der Waals surface area contributed by atoms with Crippen LogP contribution in [0.5, 0.6) is 0 Å². The van der Waals surface area contributed by atoms with Gasteiger partial charge in [0.25, 0.3) is 5.91 Å². The minimum atomic E-state index is -4.87. The summed E-state index contributed by atoms with van der Waals surface area (Å²) < 4.78 is 66.6. The van der Waals surface area contributed by atoms with Crippen molar-refractivity contribution in [2.45, 2.75) is 13.1 Å². The maximum absolute atomic E-state index is 13.6. The molecule has 0 aliphatic heterocycles. The lowest BCUT2D eigenvalue weighted by molar-refractivity contribution is -0.137. The fourth-order valence-electron chi connectivity index (χ4n) is 2.07. The van der Waals surface area contributed by atoms with E-state index in [0.717, 1.165) is 37.3 Å². The van der Waals surface area contributed by atoms with Crippen molar-refractivity contribution in [1.82, 2.24) is 0 Å². The number of benzene rings is 2. The van der Waals surface area contributed by atoms with Crippen LogP contribution in [0.3, 0.4) is 0 Å². The molecule has 0 spiro atoms. The average Bonchev–Trinajstić information content (AvgIpc) is 2.47. The Morgan fingerprint density at radius 3 is 2.08 bits per heavy atom. The standard InChI is InChI=1S/C16H11F5N2O2/c1-8(24)22-9-5-6-13(10(7-9)16(19,20)21)23-15(25)14-11(17)3-2-4-12(14)18/h2-7H,1H3,(H,22,24)(H,23,25). The molecule has 0 aliphatic rings. The van der Waals surface area contributed by atoms with E-state index in [4.69, 9.17) is 0 Å². The Balaban J connectivity index is 2.42. The second-order valence-electron chi connectivity index (χ2n) is 4.99. The number of halogens is 5. The second-order valence-corrected chi connectivity index (χ2v) is 4.99. The van der Waals surface area contributed by atoms with Gasteiger partial charge in [0, 0.05) is 12.6 Å². The van der Waals surface area contributed by atoms with Gasteiger partial charge in [0.1, 0.15) is 17.2 Å². The van der Waals surface area contributed by atoms with Gasteiger partial charge in [0.2, 0.25) is 5.91 Å². The molecule has 132 valence electrons. The highest BCUT2D eigenvalue weighted by Crippen LogP contribution is 2.37. The molecule has 2 N–H and O–H groups in total. The van der Waals surface area contributed by atoms with Crippen molar-refractivity contribution in [1.29, 1.82) is 0 Å². The molecule has 0 saturated heterocycles. The Morgan fingerprint density at radius 1 is 0.960 bits per heavy atom. The van der Waals surface area contributed by atoms with E-state index in [9.17, 15) is 31.5 Å². The number of carbonyl (C=O) groups excluding carboxylic acids is 2. The molecule has 9 heteroatoms. The predicted octanol–water partition coefficient (Wildman–Crippen LogP) is 4.19. The zero-order valence-electron chi connectivity index (χ0n) is 12.7. The Morgan fingerprint density at radius 2 is 1.56 bits per heavy atom. The number of alkyl halides is 3. The summed E-state index contributed by atoms with van der Waals surface area (Å²) in [6.07, 6.45) is -4.87. The van der Waals surface area contributed by atoms with Gasteiger partial charge in [0.15, 0.2) is 0 Å². The number of carbonyl (C=O) groups is 2. The molecule has 2 aromatic rings. The molecule has 0 aromatic heterocycles. The molecular formula is C16H11F5N2O2. The fourth-order valence-corrected chi connectivity index (χ4v) is 2.07. The molecule has 2 amide bonds. The smallest absolute Gasteiger partial charge is 0.326 e. The minimum Gasteiger partial charge on any atom is -0.326 e. The van der Waals surface area contributed by atoms with Gasteiger partial charge >= 0.3 is 6.18 Å². The maximum atomic E-state index is 13.6. The maximum Gasteiger partial charge on any atom is 0.418 e. The summed E-state index contributed by atoms with van der Waals surface area (Å²) in [6.45, 7) is 1.11. The molecule has 0 fully saturated rings. The summed E-state index contributed by atoms with van der Waals surface area (Å²) in [5.41, 5.74) is -3.12. The van der Waals surface area contributed by atoms with Crippen LogP contribution in [0.1, 0.15) is 22.8 Å². The van der Waals surface area contributed by atoms with Crippen LogP contribution >= 0.6 is 0 Å². The molecule has 0 heterocycles. The van der Waals surface area contributed by atoms with Crippen molar-refractivity contribution in [3.8, 4) is 0 Å². The van der Waals surface area contributed by atoms with E-state index in [1.54, 1.807) is 0 Å².